The Morgan fingerprint density at radius 3 is 2.94 bits per heavy atom. The third-order valence-electron chi connectivity index (χ3n) is 6.72. The second-order valence-electron chi connectivity index (χ2n) is 8.89. The van der Waals surface area contributed by atoms with Gasteiger partial charge >= 0.3 is 0 Å². The molecule has 1 aliphatic carbocycles. The van der Waals surface area contributed by atoms with Crippen LogP contribution in [0.1, 0.15) is 32.6 Å². The van der Waals surface area contributed by atoms with Gasteiger partial charge in [-0.3, -0.25) is 9.20 Å². The van der Waals surface area contributed by atoms with Gasteiger partial charge in [0.2, 0.25) is 17.7 Å². The van der Waals surface area contributed by atoms with Crippen LogP contribution < -0.4 is 10.1 Å². The molecule has 0 atom stereocenters. The number of nitrogens with zero attached hydrogens (tertiary/aromatic N) is 6. The molecule has 5 heterocycles. The highest BCUT2D eigenvalue weighted by molar-refractivity contribution is 5.97. The van der Waals surface area contributed by atoms with Crippen LogP contribution in [0.3, 0.4) is 0 Å². The maximum Gasteiger partial charge on any atom is 0.228 e. The molecule has 0 aromatic carbocycles. The zero-order chi connectivity index (χ0) is 21.9. The van der Waals surface area contributed by atoms with Crippen LogP contribution in [0.4, 0.5) is 5.95 Å². The molecule has 10 nitrogen and oxygen atoms in total. The van der Waals surface area contributed by atoms with Gasteiger partial charge in [0.25, 0.3) is 0 Å². The summed E-state index contributed by atoms with van der Waals surface area (Å²) in [5.74, 6) is 1.31. The number of anilines is 1. The van der Waals surface area contributed by atoms with Crippen molar-refractivity contribution in [2.24, 2.45) is 0 Å². The summed E-state index contributed by atoms with van der Waals surface area (Å²) in [5, 5.41) is 12.2. The van der Waals surface area contributed by atoms with Crippen molar-refractivity contribution in [1.82, 2.24) is 34.4 Å². The van der Waals surface area contributed by atoms with E-state index >= 15 is 0 Å². The number of carbonyl (C=O) groups is 1. The van der Waals surface area contributed by atoms with Crippen LogP contribution >= 0.6 is 0 Å². The van der Waals surface area contributed by atoms with Crippen molar-refractivity contribution >= 4 is 28.5 Å². The summed E-state index contributed by atoms with van der Waals surface area (Å²) in [6.07, 6.45) is 8.96. The lowest BCUT2D eigenvalue weighted by Gasteiger charge is -2.51. The summed E-state index contributed by atoms with van der Waals surface area (Å²) < 4.78 is 7.51. The number of amides is 1. The van der Waals surface area contributed by atoms with Crippen molar-refractivity contribution in [2.75, 3.05) is 19.0 Å². The molecule has 6 rings (SSSR count). The number of aromatic nitrogens is 6. The molecule has 4 aromatic heterocycles. The van der Waals surface area contributed by atoms with E-state index in [1.165, 1.54) is 0 Å². The van der Waals surface area contributed by atoms with E-state index in [2.05, 4.69) is 32.4 Å². The molecule has 0 bridgehead atoms. The maximum atomic E-state index is 12.1. The molecule has 10 heteroatoms. The number of aromatic amines is 1. The summed E-state index contributed by atoms with van der Waals surface area (Å²) in [6, 6.07) is 4.14. The highest BCUT2D eigenvalue weighted by Gasteiger charge is 2.48. The quantitative estimate of drug-likeness (QED) is 0.498. The maximum absolute atomic E-state index is 12.1. The minimum absolute atomic E-state index is 0.0696. The number of methoxy groups -OCH3 is 1. The molecule has 1 saturated heterocycles. The Hall–Kier alpha value is -3.69. The van der Waals surface area contributed by atoms with Gasteiger partial charge in [-0.05, 0) is 38.3 Å². The van der Waals surface area contributed by atoms with E-state index in [0.29, 0.717) is 23.9 Å². The van der Waals surface area contributed by atoms with E-state index in [4.69, 9.17) is 9.72 Å². The van der Waals surface area contributed by atoms with Crippen molar-refractivity contribution in [3.05, 3.63) is 30.9 Å². The highest BCUT2D eigenvalue weighted by Crippen LogP contribution is 2.41. The number of carbonyl (C=O) groups excluding carboxylic acids is 1. The standard InChI is InChI=1S/C22H24N8O2/c1-22(30-7-3-4-17(30)31)8-14(9-22)25-21-26-19-18(20(27-21)32-2)15(10-23-19)13-5-6-16-28-24-12-29(16)11-13/h5-6,10-12,14H,3-4,7-9H2,1-2H3,(H2,23,25,26,27). The molecular weight excluding hydrogens is 408 g/mol. The molecule has 164 valence electrons. The Labute approximate surface area is 184 Å². The lowest BCUT2D eigenvalue weighted by atomic mass is 9.73. The summed E-state index contributed by atoms with van der Waals surface area (Å²) in [5.41, 5.74) is 3.35. The highest BCUT2D eigenvalue weighted by atomic mass is 16.5. The minimum Gasteiger partial charge on any atom is -0.480 e. The second-order valence-corrected chi connectivity index (χ2v) is 8.89. The largest absolute Gasteiger partial charge is 0.480 e. The third kappa shape index (κ3) is 2.89. The monoisotopic (exact) mass is 432 g/mol. The molecule has 2 N–H and O–H groups in total. The van der Waals surface area contributed by atoms with E-state index in [0.717, 1.165) is 48.0 Å². The zero-order valence-corrected chi connectivity index (χ0v) is 18.0. The molecule has 0 spiro atoms. The van der Waals surface area contributed by atoms with E-state index in [-0.39, 0.29) is 17.5 Å². The Morgan fingerprint density at radius 2 is 2.16 bits per heavy atom. The molecule has 1 aliphatic heterocycles. The number of hydrogen-bond donors (Lipinski definition) is 2. The molecule has 0 radical (unpaired) electrons. The predicted octanol–water partition coefficient (Wildman–Crippen LogP) is 2.63. The number of ether oxygens (including phenoxy) is 1. The van der Waals surface area contributed by atoms with Gasteiger partial charge in [-0.15, -0.1) is 10.2 Å². The molecule has 32 heavy (non-hydrogen) atoms. The van der Waals surface area contributed by atoms with Gasteiger partial charge in [0.15, 0.2) is 5.65 Å². The van der Waals surface area contributed by atoms with E-state index in [1.807, 2.05) is 33.8 Å². The molecule has 1 amide bonds. The number of rotatable bonds is 5. The molecule has 4 aromatic rings. The van der Waals surface area contributed by atoms with Crippen LogP contribution in [0.5, 0.6) is 5.88 Å². The van der Waals surface area contributed by atoms with Crippen LogP contribution in [0.15, 0.2) is 30.9 Å². The second kappa shape index (κ2) is 6.91. The number of H-pyrrole nitrogens is 1. The van der Waals surface area contributed by atoms with Gasteiger partial charge in [0.1, 0.15) is 12.0 Å². The minimum atomic E-state index is -0.0696. The van der Waals surface area contributed by atoms with Crippen molar-refractivity contribution in [2.45, 2.75) is 44.2 Å². The predicted molar refractivity (Wildman–Crippen MR) is 118 cm³/mol. The van der Waals surface area contributed by atoms with Crippen molar-refractivity contribution < 1.29 is 9.53 Å². The van der Waals surface area contributed by atoms with Crippen LogP contribution in [0, 0.1) is 0 Å². The van der Waals surface area contributed by atoms with Gasteiger partial charge in [0, 0.05) is 48.1 Å². The first-order chi connectivity index (χ1) is 15.5. The molecule has 2 aliphatic rings. The number of pyridine rings is 1. The first-order valence-corrected chi connectivity index (χ1v) is 10.8. The number of nitrogens with one attached hydrogen (secondary N) is 2. The lowest BCUT2D eigenvalue weighted by Crippen LogP contribution is -2.59. The summed E-state index contributed by atoms with van der Waals surface area (Å²) in [7, 11) is 1.62. The van der Waals surface area contributed by atoms with Crippen molar-refractivity contribution in [3.8, 4) is 17.0 Å². The van der Waals surface area contributed by atoms with E-state index in [1.54, 1.807) is 13.4 Å². The van der Waals surface area contributed by atoms with Crippen LogP contribution in [-0.4, -0.2) is 65.6 Å². The topological polar surface area (TPSA) is 113 Å². The van der Waals surface area contributed by atoms with Crippen LogP contribution in [-0.2, 0) is 4.79 Å². The molecule has 2 fully saturated rings. The van der Waals surface area contributed by atoms with Gasteiger partial charge in [-0.1, -0.05) is 0 Å². The Kier molecular flexibility index (Phi) is 4.11. The Balaban J connectivity index is 1.27. The molecule has 0 unspecified atom stereocenters. The summed E-state index contributed by atoms with van der Waals surface area (Å²) in [6.45, 7) is 3.04. The normalized spacial score (nSPS) is 23.1. The molecular formula is C22H24N8O2. The van der Waals surface area contributed by atoms with E-state index < -0.39 is 0 Å². The fraction of sp³-hybridized carbons (Fsp3) is 0.409. The average molecular weight is 432 g/mol. The zero-order valence-electron chi connectivity index (χ0n) is 18.0. The lowest BCUT2D eigenvalue weighted by molar-refractivity contribution is -0.136. The smallest absolute Gasteiger partial charge is 0.228 e. The summed E-state index contributed by atoms with van der Waals surface area (Å²) >= 11 is 0. The fourth-order valence-corrected chi connectivity index (χ4v) is 5.15. The number of hydrogen-bond acceptors (Lipinski definition) is 7. The Bertz CT molecular complexity index is 1340. The third-order valence-corrected chi connectivity index (χ3v) is 6.72. The fourth-order valence-electron chi connectivity index (χ4n) is 5.15. The van der Waals surface area contributed by atoms with Gasteiger partial charge in [-0.25, -0.2) is 0 Å². The van der Waals surface area contributed by atoms with Gasteiger partial charge < -0.3 is 19.9 Å². The van der Waals surface area contributed by atoms with Crippen molar-refractivity contribution in [1.29, 1.82) is 0 Å². The van der Waals surface area contributed by atoms with Crippen LogP contribution in [0.25, 0.3) is 27.8 Å². The molecule has 1 saturated carbocycles. The van der Waals surface area contributed by atoms with Gasteiger partial charge in [0.05, 0.1) is 12.5 Å². The number of likely N-dealkylation sites (tertiary alicyclic amines) is 1. The van der Waals surface area contributed by atoms with E-state index in [9.17, 15) is 4.79 Å². The van der Waals surface area contributed by atoms with Crippen molar-refractivity contribution in [3.63, 3.8) is 0 Å². The first-order valence-electron chi connectivity index (χ1n) is 10.8. The average Bonchev–Trinajstić information content (AvgIpc) is 3.50. The summed E-state index contributed by atoms with van der Waals surface area (Å²) in [4.78, 5) is 26.8. The first kappa shape index (κ1) is 19.0. The Morgan fingerprint density at radius 1 is 1.28 bits per heavy atom. The van der Waals surface area contributed by atoms with Gasteiger partial charge in [-0.2, -0.15) is 9.97 Å². The van der Waals surface area contributed by atoms with Crippen LogP contribution in [0.2, 0.25) is 0 Å². The SMILES string of the molecule is COc1nc(NC2CC(C)(N3CCCC3=O)C2)nc2[nH]cc(-c3ccc4nncn4c3)c12. The number of fused-ring (bicyclic) bond motifs is 2.